The van der Waals surface area contributed by atoms with Crippen molar-refractivity contribution in [3.63, 3.8) is 0 Å². The quantitative estimate of drug-likeness (QED) is 0.718. The first kappa shape index (κ1) is 14.1. The van der Waals surface area contributed by atoms with E-state index in [0.717, 1.165) is 24.0 Å². The van der Waals surface area contributed by atoms with Crippen LogP contribution in [0.25, 0.3) is 10.8 Å². The number of ether oxygens (including phenoxy) is 1. The summed E-state index contributed by atoms with van der Waals surface area (Å²) in [7, 11) is 0. The molecule has 3 rings (SSSR count). The Hall–Kier alpha value is -1.83. The van der Waals surface area contributed by atoms with E-state index in [2.05, 4.69) is 57.0 Å². The van der Waals surface area contributed by atoms with Crippen LogP contribution in [-0.2, 0) is 0 Å². The smallest absolute Gasteiger partial charge is 0.131 e. The van der Waals surface area contributed by atoms with Crippen LogP contribution in [0.2, 0.25) is 0 Å². The van der Waals surface area contributed by atoms with Crippen LogP contribution in [0.4, 0.5) is 0 Å². The molecule has 21 heavy (non-hydrogen) atoms. The molecular formula is C19H23NO. The summed E-state index contributed by atoms with van der Waals surface area (Å²) in [6.45, 7) is 8.82. The lowest BCUT2D eigenvalue weighted by molar-refractivity contribution is 0.0863. The van der Waals surface area contributed by atoms with E-state index in [-0.39, 0.29) is 5.60 Å². The van der Waals surface area contributed by atoms with Gasteiger partial charge in [0.2, 0.25) is 0 Å². The van der Waals surface area contributed by atoms with Crippen molar-refractivity contribution in [2.24, 2.45) is 0 Å². The van der Waals surface area contributed by atoms with Gasteiger partial charge in [0, 0.05) is 34.6 Å². The fourth-order valence-electron chi connectivity index (χ4n) is 3.18. The van der Waals surface area contributed by atoms with Crippen molar-refractivity contribution in [1.29, 1.82) is 0 Å². The number of rotatable bonds is 3. The SMILES string of the molecule is CC(C)=CCC[C@]1(C)Oc2c(ccc3cnccc23)[C@H]1C. The summed E-state index contributed by atoms with van der Waals surface area (Å²) in [5.74, 6) is 1.47. The molecule has 2 aromatic rings. The van der Waals surface area contributed by atoms with Crippen LogP contribution in [-0.4, -0.2) is 10.6 Å². The first-order valence-corrected chi connectivity index (χ1v) is 7.70. The van der Waals surface area contributed by atoms with Crippen LogP contribution in [0.1, 0.15) is 52.0 Å². The molecule has 2 nitrogen and oxygen atoms in total. The number of benzene rings is 1. The summed E-state index contributed by atoms with van der Waals surface area (Å²) >= 11 is 0. The molecule has 1 aromatic carbocycles. The van der Waals surface area contributed by atoms with E-state index in [1.165, 1.54) is 16.5 Å². The largest absolute Gasteiger partial charge is 0.486 e. The van der Waals surface area contributed by atoms with Gasteiger partial charge in [-0.3, -0.25) is 4.98 Å². The number of hydrogen-bond donors (Lipinski definition) is 0. The monoisotopic (exact) mass is 281 g/mol. The van der Waals surface area contributed by atoms with Crippen LogP contribution in [0.5, 0.6) is 5.75 Å². The van der Waals surface area contributed by atoms with Crippen molar-refractivity contribution in [2.45, 2.75) is 52.1 Å². The molecule has 2 heterocycles. The Labute approximate surface area is 126 Å². The number of pyridine rings is 1. The van der Waals surface area contributed by atoms with Gasteiger partial charge in [-0.1, -0.05) is 30.7 Å². The highest BCUT2D eigenvalue weighted by atomic mass is 16.5. The van der Waals surface area contributed by atoms with Gasteiger partial charge in [0.25, 0.3) is 0 Å². The summed E-state index contributed by atoms with van der Waals surface area (Å²) < 4.78 is 6.44. The highest BCUT2D eigenvalue weighted by Crippen LogP contribution is 2.49. The van der Waals surface area contributed by atoms with Crippen LogP contribution in [0.15, 0.2) is 42.2 Å². The molecule has 110 valence electrons. The Morgan fingerprint density at radius 1 is 1.33 bits per heavy atom. The fraction of sp³-hybridized carbons (Fsp3) is 0.421. The van der Waals surface area contributed by atoms with Gasteiger partial charge in [-0.15, -0.1) is 0 Å². The number of hydrogen-bond acceptors (Lipinski definition) is 2. The zero-order chi connectivity index (χ0) is 15.0. The maximum atomic E-state index is 6.44. The zero-order valence-corrected chi connectivity index (χ0v) is 13.3. The molecule has 1 aliphatic heterocycles. The third kappa shape index (κ3) is 2.44. The zero-order valence-electron chi connectivity index (χ0n) is 13.3. The number of aromatic nitrogens is 1. The highest BCUT2D eigenvalue weighted by Gasteiger charge is 2.41. The number of allylic oxidation sites excluding steroid dienone is 2. The Morgan fingerprint density at radius 2 is 2.14 bits per heavy atom. The van der Waals surface area contributed by atoms with Gasteiger partial charge in [0.1, 0.15) is 11.4 Å². The van der Waals surface area contributed by atoms with Crippen molar-refractivity contribution in [3.05, 3.63) is 47.8 Å². The van der Waals surface area contributed by atoms with E-state index in [1.807, 2.05) is 12.4 Å². The lowest BCUT2D eigenvalue weighted by Gasteiger charge is -2.28. The number of fused-ring (bicyclic) bond motifs is 3. The molecule has 0 aliphatic carbocycles. The summed E-state index contributed by atoms with van der Waals surface area (Å²) in [5, 5.41) is 2.33. The second-order valence-electron chi connectivity index (χ2n) is 6.54. The Morgan fingerprint density at radius 3 is 2.90 bits per heavy atom. The third-order valence-electron chi connectivity index (χ3n) is 4.71. The topological polar surface area (TPSA) is 22.1 Å². The van der Waals surface area contributed by atoms with Gasteiger partial charge < -0.3 is 4.74 Å². The molecule has 0 spiro atoms. The van der Waals surface area contributed by atoms with E-state index >= 15 is 0 Å². The fourth-order valence-corrected chi connectivity index (χ4v) is 3.18. The normalized spacial score (nSPS) is 23.7. The second-order valence-corrected chi connectivity index (χ2v) is 6.54. The van der Waals surface area contributed by atoms with Crippen molar-refractivity contribution in [3.8, 4) is 5.75 Å². The molecule has 0 radical (unpaired) electrons. The minimum Gasteiger partial charge on any atom is -0.486 e. The molecule has 1 aliphatic rings. The summed E-state index contributed by atoms with van der Waals surface area (Å²) in [4.78, 5) is 4.20. The van der Waals surface area contributed by atoms with Crippen LogP contribution < -0.4 is 4.74 Å². The average molecular weight is 281 g/mol. The van der Waals surface area contributed by atoms with Crippen LogP contribution >= 0.6 is 0 Å². The first-order chi connectivity index (χ1) is 10.0. The maximum absolute atomic E-state index is 6.44. The molecule has 0 N–H and O–H groups in total. The van der Waals surface area contributed by atoms with Crippen molar-refractivity contribution < 1.29 is 4.74 Å². The Kier molecular flexibility index (Phi) is 3.48. The van der Waals surface area contributed by atoms with Gasteiger partial charge >= 0.3 is 0 Å². The molecule has 0 fully saturated rings. The Balaban J connectivity index is 1.95. The third-order valence-corrected chi connectivity index (χ3v) is 4.71. The minimum atomic E-state index is -0.119. The second kappa shape index (κ2) is 5.18. The molecule has 0 saturated carbocycles. The van der Waals surface area contributed by atoms with E-state index in [9.17, 15) is 0 Å². The molecule has 0 bridgehead atoms. The van der Waals surface area contributed by atoms with Crippen molar-refractivity contribution in [1.82, 2.24) is 4.98 Å². The maximum Gasteiger partial charge on any atom is 0.131 e. The van der Waals surface area contributed by atoms with Gasteiger partial charge in [0.05, 0.1) is 0 Å². The first-order valence-electron chi connectivity index (χ1n) is 7.70. The minimum absolute atomic E-state index is 0.119. The van der Waals surface area contributed by atoms with Gasteiger partial charge in [-0.25, -0.2) is 0 Å². The molecule has 1 aromatic heterocycles. The standard InChI is InChI=1S/C19H23NO/c1-13(2)6-5-10-19(4)14(3)16-8-7-15-12-20-11-9-17(15)18(16)21-19/h6-9,11-12,14H,5,10H2,1-4H3/t14-,19+/m1/s1. The summed E-state index contributed by atoms with van der Waals surface area (Å²) in [5.41, 5.74) is 2.58. The van der Waals surface area contributed by atoms with Crippen LogP contribution in [0, 0.1) is 0 Å². The van der Waals surface area contributed by atoms with Crippen molar-refractivity contribution >= 4 is 10.8 Å². The van der Waals surface area contributed by atoms with Gasteiger partial charge in [-0.05, 0) is 39.7 Å². The van der Waals surface area contributed by atoms with E-state index in [4.69, 9.17) is 4.74 Å². The van der Waals surface area contributed by atoms with Gasteiger partial charge in [-0.2, -0.15) is 0 Å². The molecule has 0 saturated heterocycles. The van der Waals surface area contributed by atoms with Crippen molar-refractivity contribution in [2.75, 3.05) is 0 Å². The van der Waals surface area contributed by atoms with E-state index < -0.39 is 0 Å². The summed E-state index contributed by atoms with van der Waals surface area (Å²) in [6, 6.07) is 6.42. The molecular weight excluding hydrogens is 258 g/mol. The number of nitrogens with zero attached hydrogens (tertiary/aromatic N) is 1. The predicted molar refractivity (Wildman–Crippen MR) is 87.9 cm³/mol. The van der Waals surface area contributed by atoms with E-state index in [1.54, 1.807) is 0 Å². The summed E-state index contributed by atoms with van der Waals surface area (Å²) in [6.07, 6.45) is 8.15. The Bertz CT molecular complexity index is 700. The van der Waals surface area contributed by atoms with Gasteiger partial charge in [0.15, 0.2) is 0 Å². The van der Waals surface area contributed by atoms with Crippen LogP contribution in [0.3, 0.4) is 0 Å². The molecule has 0 amide bonds. The average Bonchev–Trinajstić information content (AvgIpc) is 2.71. The lowest BCUT2D eigenvalue weighted by Crippen LogP contribution is -2.32. The molecule has 0 unspecified atom stereocenters. The highest BCUT2D eigenvalue weighted by molar-refractivity contribution is 5.89. The molecule has 2 heteroatoms. The predicted octanol–water partition coefficient (Wildman–Crippen LogP) is 5.24. The molecule has 2 atom stereocenters. The van der Waals surface area contributed by atoms with E-state index in [0.29, 0.717) is 5.92 Å². The lowest BCUT2D eigenvalue weighted by atomic mass is 9.83.